The van der Waals surface area contributed by atoms with Gasteiger partial charge in [-0.25, -0.2) is 0 Å². The van der Waals surface area contributed by atoms with Crippen LogP contribution in [-0.4, -0.2) is 54.0 Å². The van der Waals surface area contributed by atoms with Gasteiger partial charge in [-0.2, -0.15) is 0 Å². The summed E-state index contributed by atoms with van der Waals surface area (Å²) in [6.45, 7) is 4.84. The standard InChI is InChI=1S/C18H34O2.C6H14O4/c1-2-3-4-5-6-7-8-9-10-11-12-13-14-15-16-17-18(19)20;1-2-10-6(8)5-9-4-3-7/h9-10H,2-8,11-17H2,1H3,(H,19,20);6-8H,2-5H2,1H3/b10-9-;. The zero-order valence-electron chi connectivity index (χ0n) is 19.5. The fourth-order valence-corrected chi connectivity index (χ4v) is 2.84. The molecule has 180 valence electrons. The Morgan fingerprint density at radius 1 is 0.867 bits per heavy atom. The summed E-state index contributed by atoms with van der Waals surface area (Å²) < 4.78 is 9.51. The molecule has 0 aromatic rings. The number of carboxylic acids is 1. The van der Waals surface area contributed by atoms with Gasteiger partial charge in [-0.15, -0.1) is 0 Å². The Morgan fingerprint density at radius 3 is 1.90 bits per heavy atom. The predicted octanol–water partition coefficient (Wildman–Crippen LogP) is 5.46. The molecule has 1 unspecified atom stereocenters. The third kappa shape index (κ3) is 31.7. The average molecular weight is 433 g/mol. The van der Waals surface area contributed by atoms with Crippen molar-refractivity contribution in [3.63, 3.8) is 0 Å². The molecular weight excluding hydrogens is 384 g/mol. The molecule has 0 aliphatic carbocycles. The summed E-state index contributed by atoms with van der Waals surface area (Å²) in [5.74, 6) is -0.664. The van der Waals surface area contributed by atoms with Crippen molar-refractivity contribution in [2.24, 2.45) is 0 Å². The van der Waals surface area contributed by atoms with Gasteiger partial charge in [-0.1, -0.05) is 70.4 Å². The number of ether oxygens (including phenoxy) is 2. The molecule has 0 fully saturated rings. The maximum Gasteiger partial charge on any atom is 0.303 e. The molecule has 0 aliphatic heterocycles. The van der Waals surface area contributed by atoms with Gasteiger partial charge in [0, 0.05) is 13.0 Å². The van der Waals surface area contributed by atoms with E-state index in [1.54, 1.807) is 6.92 Å². The molecule has 0 bridgehead atoms. The largest absolute Gasteiger partial charge is 0.481 e. The van der Waals surface area contributed by atoms with E-state index in [1.807, 2.05) is 0 Å². The molecule has 1 atom stereocenters. The summed E-state index contributed by atoms with van der Waals surface area (Å²) in [4.78, 5) is 10.3. The van der Waals surface area contributed by atoms with Crippen molar-refractivity contribution in [2.45, 2.75) is 110 Å². The molecule has 6 heteroatoms. The molecular formula is C24H48O6. The lowest BCUT2D eigenvalue weighted by atomic mass is 10.1. The van der Waals surface area contributed by atoms with E-state index in [0.29, 0.717) is 13.0 Å². The van der Waals surface area contributed by atoms with Gasteiger partial charge >= 0.3 is 5.97 Å². The molecule has 0 aliphatic rings. The minimum atomic E-state index is -0.864. The average Bonchev–Trinajstić information content (AvgIpc) is 2.71. The van der Waals surface area contributed by atoms with Crippen molar-refractivity contribution in [1.82, 2.24) is 0 Å². The van der Waals surface area contributed by atoms with Gasteiger partial charge in [0.25, 0.3) is 0 Å². The lowest BCUT2D eigenvalue weighted by Gasteiger charge is -2.09. The summed E-state index contributed by atoms with van der Waals surface area (Å²) in [7, 11) is 0. The number of hydrogen-bond acceptors (Lipinski definition) is 5. The van der Waals surface area contributed by atoms with E-state index >= 15 is 0 Å². The number of aliphatic hydroxyl groups excluding tert-OH is 2. The number of carboxylic acid groups (broad SMARTS) is 1. The van der Waals surface area contributed by atoms with Crippen LogP contribution in [0.15, 0.2) is 12.2 Å². The van der Waals surface area contributed by atoms with Crippen molar-refractivity contribution >= 4 is 5.97 Å². The maximum absolute atomic E-state index is 10.3. The molecule has 0 radical (unpaired) electrons. The van der Waals surface area contributed by atoms with Gasteiger partial charge in [-0.3, -0.25) is 4.79 Å². The molecule has 6 nitrogen and oxygen atoms in total. The first-order valence-corrected chi connectivity index (χ1v) is 11.9. The summed E-state index contributed by atoms with van der Waals surface area (Å²) >= 11 is 0. The maximum atomic E-state index is 10.3. The van der Waals surface area contributed by atoms with Gasteiger partial charge < -0.3 is 24.8 Å². The van der Waals surface area contributed by atoms with Crippen LogP contribution in [-0.2, 0) is 14.3 Å². The first-order valence-electron chi connectivity index (χ1n) is 11.9. The molecule has 0 aromatic heterocycles. The zero-order chi connectivity index (χ0) is 22.7. The second-order valence-electron chi connectivity index (χ2n) is 7.44. The quantitative estimate of drug-likeness (QED) is 0.127. The van der Waals surface area contributed by atoms with Crippen LogP contribution in [0.4, 0.5) is 0 Å². The van der Waals surface area contributed by atoms with Crippen LogP contribution in [0.5, 0.6) is 0 Å². The Morgan fingerprint density at radius 2 is 1.40 bits per heavy atom. The van der Waals surface area contributed by atoms with Crippen LogP contribution >= 0.6 is 0 Å². The number of unbranched alkanes of at least 4 members (excludes halogenated alkanes) is 11. The van der Waals surface area contributed by atoms with Crippen LogP contribution in [0, 0.1) is 0 Å². The molecule has 0 rings (SSSR count). The van der Waals surface area contributed by atoms with E-state index in [9.17, 15) is 4.79 Å². The lowest BCUT2D eigenvalue weighted by molar-refractivity contribution is -0.137. The minimum absolute atomic E-state index is 0.0289. The van der Waals surface area contributed by atoms with E-state index in [1.165, 1.54) is 70.6 Å². The van der Waals surface area contributed by atoms with Gasteiger partial charge in [0.2, 0.25) is 0 Å². The molecule has 0 heterocycles. The van der Waals surface area contributed by atoms with Crippen LogP contribution in [0.2, 0.25) is 0 Å². The van der Waals surface area contributed by atoms with Gasteiger partial charge in [0.1, 0.15) is 0 Å². The van der Waals surface area contributed by atoms with Crippen LogP contribution in [0.3, 0.4) is 0 Å². The Labute approximate surface area is 184 Å². The van der Waals surface area contributed by atoms with Crippen molar-refractivity contribution in [3.8, 4) is 0 Å². The summed E-state index contributed by atoms with van der Waals surface area (Å²) in [5, 5.41) is 25.6. The van der Waals surface area contributed by atoms with Crippen molar-refractivity contribution in [2.75, 3.05) is 26.4 Å². The van der Waals surface area contributed by atoms with Crippen molar-refractivity contribution in [3.05, 3.63) is 12.2 Å². The molecule has 0 aromatic carbocycles. The SMILES string of the molecule is CCCCCCCC/C=C\CCCCCCCC(=O)O.CCOC(O)COCCO. The molecule has 0 saturated heterocycles. The number of rotatable bonds is 21. The molecule has 0 spiro atoms. The van der Waals surface area contributed by atoms with Crippen molar-refractivity contribution in [1.29, 1.82) is 0 Å². The normalized spacial score (nSPS) is 12.0. The van der Waals surface area contributed by atoms with Crippen LogP contribution < -0.4 is 0 Å². The number of aliphatic carboxylic acids is 1. The van der Waals surface area contributed by atoms with E-state index in [-0.39, 0.29) is 19.8 Å². The van der Waals surface area contributed by atoms with E-state index in [4.69, 9.17) is 24.8 Å². The Bertz CT molecular complexity index is 360. The minimum Gasteiger partial charge on any atom is -0.481 e. The Hall–Kier alpha value is -0.950. The fourth-order valence-electron chi connectivity index (χ4n) is 2.84. The Kier molecular flexibility index (Phi) is 29.2. The third-order valence-electron chi connectivity index (χ3n) is 4.51. The van der Waals surface area contributed by atoms with Gasteiger partial charge in [0.05, 0.1) is 19.8 Å². The van der Waals surface area contributed by atoms with Crippen LogP contribution in [0.1, 0.15) is 104 Å². The predicted molar refractivity (Wildman–Crippen MR) is 123 cm³/mol. The smallest absolute Gasteiger partial charge is 0.303 e. The third-order valence-corrected chi connectivity index (χ3v) is 4.51. The van der Waals surface area contributed by atoms with E-state index in [0.717, 1.165) is 12.8 Å². The Balaban J connectivity index is 0. The topological polar surface area (TPSA) is 96.2 Å². The number of hydrogen-bond donors (Lipinski definition) is 3. The highest BCUT2D eigenvalue weighted by Crippen LogP contribution is 2.09. The highest BCUT2D eigenvalue weighted by Gasteiger charge is 2.00. The molecule has 0 saturated carbocycles. The molecule has 30 heavy (non-hydrogen) atoms. The highest BCUT2D eigenvalue weighted by molar-refractivity contribution is 5.66. The first kappa shape index (κ1) is 31.2. The summed E-state index contributed by atoms with van der Waals surface area (Å²) in [5.41, 5.74) is 0. The number of carbonyl (C=O) groups is 1. The van der Waals surface area contributed by atoms with E-state index in [2.05, 4.69) is 19.1 Å². The number of aliphatic hydroxyl groups is 2. The highest BCUT2D eigenvalue weighted by atomic mass is 16.6. The number of allylic oxidation sites excluding steroid dienone is 2. The summed E-state index contributed by atoms with van der Waals surface area (Å²) in [6.07, 6.45) is 20.4. The van der Waals surface area contributed by atoms with Gasteiger partial charge in [0.15, 0.2) is 6.29 Å². The van der Waals surface area contributed by atoms with Gasteiger partial charge in [-0.05, 0) is 39.0 Å². The van der Waals surface area contributed by atoms with Crippen molar-refractivity contribution < 1.29 is 29.6 Å². The second-order valence-corrected chi connectivity index (χ2v) is 7.44. The zero-order valence-corrected chi connectivity index (χ0v) is 19.5. The van der Waals surface area contributed by atoms with Crippen LogP contribution in [0.25, 0.3) is 0 Å². The summed E-state index contributed by atoms with van der Waals surface area (Å²) in [6, 6.07) is 0. The lowest BCUT2D eigenvalue weighted by Crippen LogP contribution is -2.19. The monoisotopic (exact) mass is 432 g/mol. The molecule has 0 amide bonds. The first-order chi connectivity index (χ1) is 14.6. The second kappa shape index (κ2) is 28.1. The molecule has 3 N–H and O–H groups in total. The van der Waals surface area contributed by atoms with E-state index < -0.39 is 12.3 Å². The fraction of sp³-hybridized carbons (Fsp3) is 0.875.